The lowest BCUT2D eigenvalue weighted by atomic mass is 10.3. The molecule has 0 atom stereocenters. The van der Waals surface area contributed by atoms with Crippen LogP contribution in [0.4, 0.5) is 18.9 Å². The van der Waals surface area contributed by atoms with Crippen molar-refractivity contribution in [3.8, 4) is 11.6 Å². The van der Waals surface area contributed by atoms with Crippen LogP contribution >= 0.6 is 0 Å². The van der Waals surface area contributed by atoms with Gasteiger partial charge in [-0.3, -0.25) is 0 Å². The van der Waals surface area contributed by atoms with Gasteiger partial charge >= 0.3 is 0 Å². The molecule has 7 heteroatoms. The van der Waals surface area contributed by atoms with Crippen molar-refractivity contribution in [2.75, 3.05) is 5.73 Å². The lowest BCUT2D eigenvalue weighted by molar-refractivity contribution is 0.391. The summed E-state index contributed by atoms with van der Waals surface area (Å²) in [5.41, 5.74) is 4.84. The van der Waals surface area contributed by atoms with Crippen LogP contribution in [0.2, 0.25) is 0 Å². The molecule has 0 aliphatic rings. The maximum atomic E-state index is 13.5. The Kier molecular flexibility index (Phi) is 3.05. The SMILES string of the molecule is Cc1ncnc(Oc2cc(F)c(N)cc2F)c1F. The third-order valence-corrected chi connectivity index (χ3v) is 2.19. The van der Waals surface area contributed by atoms with E-state index in [1.54, 1.807) is 0 Å². The van der Waals surface area contributed by atoms with Crippen LogP contribution in [0.15, 0.2) is 18.5 Å². The number of anilines is 1. The number of nitrogens with two attached hydrogens (primary N) is 1. The Bertz CT molecular complexity index is 604. The van der Waals surface area contributed by atoms with Gasteiger partial charge in [0, 0.05) is 12.1 Å². The van der Waals surface area contributed by atoms with Crippen molar-refractivity contribution in [1.29, 1.82) is 0 Å². The Hall–Kier alpha value is -2.31. The molecule has 4 nitrogen and oxygen atoms in total. The van der Waals surface area contributed by atoms with Crippen LogP contribution in [0.3, 0.4) is 0 Å². The summed E-state index contributed by atoms with van der Waals surface area (Å²) in [6, 6.07) is 1.47. The molecule has 0 bridgehead atoms. The van der Waals surface area contributed by atoms with E-state index in [0.29, 0.717) is 0 Å². The van der Waals surface area contributed by atoms with E-state index in [4.69, 9.17) is 10.5 Å². The average Bonchev–Trinajstić information content (AvgIpc) is 2.32. The summed E-state index contributed by atoms with van der Waals surface area (Å²) in [7, 11) is 0. The first-order valence-electron chi connectivity index (χ1n) is 4.88. The maximum Gasteiger partial charge on any atom is 0.259 e. The fourth-order valence-corrected chi connectivity index (χ4v) is 1.23. The van der Waals surface area contributed by atoms with E-state index in [1.807, 2.05) is 0 Å². The van der Waals surface area contributed by atoms with Gasteiger partial charge in [0.15, 0.2) is 11.6 Å². The molecule has 0 aliphatic carbocycles. The highest BCUT2D eigenvalue weighted by atomic mass is 19.1. The third-order valence-electron chi connectivity index (χ3n) is 2.19. The van der Waals surface area contributed by atoms with Crippen molar-refractivity contribution >= 4 is 5.69 Å². The zero-order chi connectivity index (χ0) is 13.3. The Morgan fingerprint density at radius 2 is 1.83 bits per heavy atom. The molecule has 0 amide bonds. The quantitative estimate of drug-likeness (QED) is 0.838. The highest BCUT2D eigenvalue weighted by Gasteiger charge is 2.14. The van der Waals surface area contributed by atoms with Crippen molar-refractivity contribution in [2.45, 2.75) is 6.92 Å². The molecule has 1 aromatic carbocycles. The molecular formula is C11H8F3N3O. The first kappa shape index (κ1) is 12.2. The lowest BCUT2D eigenvalue weighted by Crippen LogP contribution is -2.00. The number of aromatic nitrogens is 2. The van der Waals surface area contributed by atoms with Gasteiger partial charge in [-0.1, -0.05) is 0 Å². The van der Waals surface area contributed by atoms with Crippen molar-refractivity contribution < 1.29 is 17.9 Å². The predicted molar refractivity (Wildman–Crippen MR) is 57.6 cm³/mol. The molecule has 94 valence electrons. The summed E-state index contributed by atoms with van der Waals surface area (Å²) >= 11 is 0. The normalized spacial score (nSPS) is 10.4. The minimum atomic E-state index is -0.912. The van der Waals surface area contributed by atoms with Crippen LogP contribution < -0.4 is 10.5 Å². The van der Waals surface area contributed by atoms with Gasteiger partial charge in [0.2, 0.25) is 5.82 Å². The van der Waals surface area contributed by atoms with E-state index in [9.17, 15) is 13.2 Å². The molecular weight excluding hydrogens is 247 g/mol. The van der Waals surface area contributed by atoms with Crippen LogP contribution in [-0.4, -0.2) is 9.97 Å². The first-order chi connectivity index (χ1) is 8.49. The van der Waals surface area contributed by atoms with E-state index in [2.05, 4.69) is 9.97 Å². The minimum Gasteiger partial charge on any atom is -0.433 e. The Balaban J connectivity index is 2.40. The lowest BCUT2D eigenvalue weighted by Gasteiger charge is -2.08. The number of nitrogen functional groups attached to an aromatic ring is 1. The molecule has 0 radical (unpaired) electrons. The Morgan fingerprint density at radius 1 is 1.11 bits per heavy atom. The van der Waals surface area contributed by atoms with Gasteiger partial charge in [-0.2, -0.15) is 9.37 Å². The molecule has 0 saturated carbocycles. The molecule has 2 N–H and O–H groups in total. The van der Waals surface area contributed by atoms with E-state index in [-0.39, 0.29) is 11.4 Å². The van der Waals surface area contributed by atoms with Gasteiger partial charge in [-0.15, -0.1) is 0 Å². The number of hydrogen-bond acceptors (Lipinski definition) is 4. The summed E-state index contributed by atoms with van der Waals surface area (Å²) < 4.78 is 44.9. The molecule has 18 heavy (non-hydrogen) atoms. The number of aryl methyl sites for hydroxylation is 1. The van der Waals surface area contributed by atoms with Crippen molar-refractivity contribution in [1.82, 2.24) is 9.97 Å². The average molecular weight is 255 g/mol. The van der Waals surface area contributed by atoms with Gasteiger partial charge in [0.05, 0.1) is 11.4 Å². The monoisotopic (exact) mass is 255 g/mol. The number of nitrogens with zero attached hydrogens (tertiary/aromatic N) is 2. The second-order valence-corrected chi connectivity index (χ2v) is 3.48. The highest BCUT2D eigenvalue weighted by Crippen LogP contribution is 2.28. The van der Waals surface area contributed by atoms with E-state index < -0.39 is 29.1 Å². The third kappa shape index (κ3) is 2.20. The molecule has 2 aromatic rings. The Morgan fingerprint density at radius 3 is 2.56 bits per heavy atom. The van der Waals surface area contributed by atoms with Crippen molar-refractivity contribution in [3.63, 3.8) is 0 Å². The number of hydrogen-bond donors (Lipinski definition) is 1. The zero-order valence-electron chi connectivity index (χ0n) is 9.25. The molecule has 0 saturated heterocycles. The predicted octanol–water partition coefficient (Wildman–Crippen LogP) is 2.58. The molecule has 0 aliphatic heterocycles. The number of halogens is 3. The molecule has 0 unspecified atom stereocenters. The van der Waals surface area contributed by atoms with E-state index in [1.165, 1.54) is 6.92 Å². The maximum absolute atomic E-state index is 13.5. The first-order valence-corrected chi connectivity index (χ1v) is 4.88. The van der Waals surface area contributed by atoms with Crippen molar-refractivity contribution in [2.24, 2.45) is 0 Å². The van der Waals surface area contributed by atoms with Gasteiger partial charge in [0.25, 0.3) is 5.88 Å². The molecule has 0 fully saturated rings. The molecule has 0 spiro atoms. The van der Waals surface area contributed by atoms with Gasteiger partial charge in [-0.25, -0.2) is 13.8 Å². The van der Waals surface area contributed by atoms with Crippen LogP contribution in [0, 0.1) is 24.4 Å². The Labute approximate surface area is 100 Å². The summed E-state index contributed by atoms with van der Waals surface area (Å²) in [4.78, 5) is 7.08. The summed E-state index contributed by atoms with van der Waals surface area (Å²) in [5, 5.41) is 0. The molecule has 2 rings (SSSR count). The van der Waals surface area contributed by atoms with E-state index in [0.717, 1.165) is 18.5 Å². The fraction of sp³-hybridized carbons (Fsp3) is 0.0909. The van der Waals surface area contributed by atoms with Crippen LogP contribution in [0.5, 0.6) is 11.6 Å². The summed E-state index contributed by atoms with van der Waals surface area (Å²) in [5.74, 6) is -3.60. The second kappa shape index (κ2) is 4.52. The molecule has 1 heterocycles. The molecule has 1 aromatic heterocycles. The largest absolute Gasteiger partial charge is 0.433 e. The second-order valence-electron chi connectivity index (χ2n) is 3.48. The minimum absolute atomic E-state index is 0.0383. The standard InChI is InChI=1S/C11H8F3N3O/c1-5-10(14)11(17-4-16-5)18-9-3-6(12)8(15)2-7(9)13/h2-4H,15H2,1H3. The summed E-state index contributed by atoms with van der Waals surface area (Å²) in [6.45, 7) is 1.39. The summed E-state index contributed by atoms with van der Waals surface area (Å²) in [6.07, 6.45) is 1.05. The van der Waals surface area contributed by atoms with Gasteiger partial charge < -0.3 is 10.5 Å². The van der Waals surface area contributed by atoms with Crippen LogP contribution in [0.1, 0.15) is 5.69 Å². The highest BCUT2D eigenvalue weighted by molar-refractivity contribution is 5.45. The van der Waals surface area contributed by atoms with Gasteiger partial charge in [-0.05, 0) is 6.92 Å². The number of ether oxygens (including phenoxy) is 1. The fourth-order valence-electron chi connectivity index (χ4n) is 1.23. The van der Waals surface area contributed by atoms with Crippen LogP contribution in [-0.2, 0) is 0 Å². The van der Waals surface area contributed by atoms with Crippen LogP contribution in [0.25, 0.3) is 0 Å². The van der Waals surface area contributed by atoms with Crippen molar-refractivity contribution in [3.05, 3.63) is 41.6 Å². The van der Waals surface area contributed by atoms with E-state index >= 15 is 0 Å². The number of benzene rings is 1. The number of rotatable bonds is 2. The van der Waals surface area contributed by atoms with Gasteiger partial charge in [0.1, 0.15) is 12.1 Å². The topological polar surface area (TPSA) is 61.0 Å². The smallest absolute Gasteiger partial charge is 0.259 e. The zero-order valence-corrected chi connectivity index (χ0v) is 9.25.